The van der Waals surface area contributed by atoms with Gasteiger partial charge in [-0.3, -0.25) is 4.79 Å². The smallest absolute Gasteiger partial charge is 0.339 e. The first kappa shape index (κ1) is 20.5. The zero-order valence-electron chi connectivity index (χ0n) is 15.8. The molecular formula is C21H19FN2O4S. The number of esters is 1. The summed E-state index contributed by atoms with van der Waals surface area (Å²) in [4.78, 5) is 28.9. The Morgan fingerprint density at radius 3 is 2.72 bits per heavy atom. The van der Waals surface area contributed by atoms with Crippen molar-refractivity contribution < 1.29 is 23.5 Å². The molecule has 0 aliphatic heterocycles. The lowest BCUT2D eigenvalue weighted by Gasteiger charge is -2.14. The van der Waals surface area contributed by atoms with Crippen molar-refractivity contribution in [2.24, 2.45) is 0 Å². The summed E-state index contributed by atoms with van der Waals surface area (Å²) in [7, 11) is 0. The molecule has 0 aliphatic rings. The van der Waals surface area contributed by atoms with Crippen molar-refractivity contribution in [2.75, 3.05) is 5.32 Å². The average Bonchev–Trinajstić information content (AvgIpc) is 3.13. The molecule has 0 aliphatic carbocycles. The second-order valence-corrected chi connectivity index (χ2v) is 7.25. The number of aromatic nitrogens is 1. The first-order valence-corrected chi connectivity index (χ1v) is 9.70. The second-order valence-electron chi connectivity index (χ2n) is 6.19. The molecule has 1 N–H and O–H groups in total. The molecular weight excluding hydrogens is 395 g/mol. The Hall–Kier alpha value is -3.26. The highest BCUT2D eigenvalue weighted by Crippen LogP contribution is 2.18. The number of nitrogens with zero attached hydrogens (tertiary/aromatic N) is 1. The summed E-state index contributed by atoms with van der Waals surface area (Å²) in [5.74, 6) is -1.40. The Morgan fingerprint density at radius 1 is 1.21 bits per heavy atom. The summed E-state index contributed by atoms with van der Waals surface area (Å²) in [6, 6.07) is 12.2. The van der Waals surface area contributed by atoms with Crippen molar-refractivity contribution >= 4 is 28.9 Å². The maximum absolute atomic E-state index is 13.6. The summed E-state index contributed by atoms with van der Waals surface area (Å²) in [5, 5.41) is 5.25. The largest absolute Gasteiger partial charge is 0.487 e. The number of halogens is 1. The maximum atomic E-state index is 13.6. The number of para-hydroxylation sites is 1. The topological polar surface area (TPSA) is 77.5 Å². The summed E-state index contributed by atoms with van der Waals surface area (Å²) >= 11 is 1.53. The van der Waals surface area contributed by atoms with Gasteiger partial charge in [0.2, 0.25) is 0 Å². The van der Waals surface area contributed by atoms with E-state index >= 15 is 0 Å². The van der Waals surface area contributed by atoms with Crippen LogP contribution in [0.2, 0.25) is 0 Å². The lowest BCUT2D eigenvalue weighted by molar-refractivity contribution is -0.123. The molecule has 0 saturated carbocycles. The van der Waals surface area contributed by atoms with Crippen molar-refractivity contribution in [3.05, 3.63) is 76.0 Å². The summed E-state index contributed by atoms with van der Waals surface area (Å²) < 4.78 is 24.5. The zero-order chi connectivity index (χ0) is 20.8. The molecule has 1 unspecified atom stereocenters. The van der Waals surface area contributed by atoms with Gasteiger partial charge in [-0.1, -0.05) is 18.2 Å². The molecule has 1 atom stereocenters. The lowest BCUT2D eigenvalue weighted by atomic mass is 10.2. The molecule has 3 aromatic rings. The first-order valence-electron chi connectivity index (χ1n) is 8.82. The van der Waals surface area contributed by atoms with Crippen molar-refractivity contribution in [3.63, 3.8) is 0 Å². The van der Waals surface area contributed by atoms with Crippen LogP contribution in [0.4, 0.5) is 10.1 Å². The van der Waals surface area contributed by atoms with Crippen molar-refractivity contribution in [1.82, 2.24) is 4.98 Å². The van der Waals surface area contributed by atoms with Crippen molar-refractivity contribution in [1.29, 1.82) is 0 Å². The van der Waals surface area contributed by atoms with E-state index in [-0.39, 0.29) is 17.9 Å². The fourth-order valence-corrected chi connectivity index (χ4v) is 3.02. The summed E-state index contributed by atoms with van der Waals surface area (Å²) in [5.41, 5.74) is 1.06. The third-order valence-electron chi connectivity index (χ3n) is 3.91. The molecule has 29 heavy (non-hydrogen) atoms. The van der Waals surface area contributed by atoms with Gasteiger partial charge < -0.3 is 14.8 Å². The molecule has 1 amide bonds. The van der Waals surface area contributed by atoms with E-state index < -0.39 is 23.8 Å². The quantitative estimate of drug-likeness (QED) is 0.582. The van der Waals surface area contributed by atoms with E-state index in [0.29, 0.717) is 5.75 Å². The molecule has 2 aromatic carbocycles. The number of aryl methyl sites for hydroxylation is 1. The summed E-state index contributed by atoms with van der Waals surface area (Å²) in [6.07, 6.45) is -1.11. The standard InChI is InChI=1S/C21H19FN2O4S/c1-13(20(25)24-19-9-4-3-8-18(19)22)28-21(26)15-6-5-7-17(10-15)27-11-16-12-29-14(2)23-16/h3-10,12-13H,11H2,1-2H3,(H,24,25). The molecule has 150 valence electrons. The number of ether oxygens (including phenoxy) is 2. The van der Waals surface area contributed by atoms with Crippen LogP contribution in [0.5, 0.6) is 5.75 Å². The van der Waals surface area contributed by atoms with E-state index in [0.717, 1.165) is 10.7 Å². The predicted octanol–water partition coefficient (Wildman–Crippen LogP) is 4.35. The van der Waals surface area contributed by atoms with Gasteiger partial charge in [0, 0.05) is 5.38 Å². The van der Waals surface area contributed by atoms with E-state index in [1.165, 1.54) is 42.5 Å². The molecule has 8 heteroatoms. The van der Waals surface area contributed by atoms with Crippen LogP contribution >= 0.6 is 11.3 Å². The normalized spacial score (nSPS) is 11.6. The number of carbonyl (C=O) groups excluding carboxylic acids is 2. The third kappa shape index (κ3) is 5.61. The minimum absolute atomic E-state index is 0.0214. The first-order chi connectivity index (χ1) is 13.9. The van der Waals surface area contributed by atoms with Crippen LogP contribution in [0.15, 0.2) is 53.9 Å². The van der Waals surface area contributed by atoms with E-state index in [1.807, 2.05) is 12.3 Å². The van der Waals surface area contributed by atoms with Gasteiger partial charge in [0.05, 0.1) is 22.0 Å². The molecule has 3 rings (SSSR count). The molecule has 1 aromatic heterocycles. The lowest BCUT2D eigenvalue weighted by Crippen LogP contribution is -2.30. The Balaban J connectivity index is 1.58. The Morgan fingerprint density at radius 2 is 2.00 bits per heavy atom. The molecule has 1 heterocycles. The molecule has 0 bridgehead atoms. The Labute approximate surface area is 171 Å². The van der Waals surface area contributed by atoms with Gasteiger partial charge in [0.25, 0.3) is 5.91 Å². The maximum Gasteiger partial charge on any atom is 0.339 e. The van der Waals surface area contributed by atoms with Gasteiger partial charge in [0.1, 0.15) is 18.2 Å². The fourth-order valence-electron chi connectivity index (χ4n) is 2.42. The van der Waals surface area contributed by atoms with Crippen molar-refractivity contribution in [2.45, 2.75) is 26.6 Å². The zero-order valence-corrected chi connectivity index (χ0v) is 16.7. The van der Waals surface area contributed by atoms with Crippen LogP contribution < -0.4 is 10.1 Å². The Bertz CT molecular complexity index is 1020. The number of rotatable bonds is 7. The third-order valence-corrected chi connectivity index (χ3v) is 4.73. The van der Waals surface area contributed by atoms with Crippen LogP contribution in [0.25, 0.3) is 0 Å². The number of hydrogen-bond donors (Lipinski definition) is 1. The van der Waals surface area contributed by atoms with Crippen LogP contribution in [0, 0.1) is 12.7 Å². The summed E-state index contributed by atoms with van der Waals surface area (Å²) in [6.45, 7) is 3.61. The van der Waals surface area contributed by atoms with Crippen LogP contribution in [0.3, 0.4) is 0 Å². The van der Waals surface area contributed by atoms with E-state index in [2.05, 4.69) is 10.3 Å². The number of hydrogen-bond acceptors (Lipinski definition) is 6. The van der Waals surface area contributed by atoms with Gasteiger partial charge in [-0.15, -0.1) is 11.3 Å². The van der Waals surface area contributed by atoms with Gasteiger partial charge in [-0.05, 0) is 44.2 Å². The SMILES string of the molecule is Cc1nc(COc2cccc(C(=O)OC(C)C(=O)Nc3ccccc3F)c2)cs1. The minimum Gasteiger partial charge on any atom is -0.487 e. The van der Waals surface area contributed by atoms with Gasteiger partial charge in [-0.2, -0.15) is 0 Å². The molecule has 6 nitrogen and oxygen atoms in total. The van der Waals surface area contributed by atoms with Gasteiger partial charge in [0.15, 0.2) is 6.10 Å². The average molecular weight is 414 g/mol. The molecule has 0 spiro atoms. The Kier molecular flexibility index (Phi) is 6.56. The van der Waals surface area contributed by atoms with Gasteiger partial charge in [-0.25, -0.2) is 14.2 Å². The van der Waals surface area contributed by atoms with Gasteiger partial charge >= 0.3 is 5.97 Å². The fraction of sp³-hybridized carbons (Fsp3) is 0.190. The molecule has 0 fully saturated rings. The molecule has 0 saturated heterocycles. The monoisotopic (exact) mass is 414 g/mol. The number of amides is 1. The predicted molar refractivity (Wildman–Crippen MR) is 108 cm³/mol. The number of nitrogens with one attached hydrogen (secondary N) is 1. The highest BCUT2D eigenvalue weighted by molar-refractivity contribution is 7.09. The number of carbonyl (C=O) groups is 2. The second kappa shape index (κ2) is 9.29. The van der Waals surface area contributed by atoms with Crippen molar-refractivity contribution in [3.8, 4) is 5.75 Å². The number of anilines is 1. The minimum atomic E-state index is -1.11. The number of benzene rings is 2. The van der Waals surface area contributed by atoms with E-state index in [9.17, 15) is 14.0 Å². The van der Waals surface area contributed by atoms with Crippen LogP contribution in [-0.4, -0.2) is 23.0 Å². The molecule has 0 radical (unpaired) electrons. The van der Waals surface area contributed by atoms with E-state index in [4.69, 9.17) is 9.47 Å². The van der Waals surface area contributed by atoms with E-state index in [1.54, 1.807) is 24.3 Å². The highest BCUT2D eigenvalue weighted by atomic mass is 32.1. The van der Waals surface area contributed by atoms with Crippen LogP contribution in [0.1, 0.15) is 28.0 Å². The number of thiazole rings is 1. The highest BCUT2D eigenvalue weighted by Gasteiger charge is 2.20. The van der Waals surface area contributed by atoms with Crippen LogP contribution in [-0.2, 0) is 16.1 Å².